The molecule has 8 N–H and O–H groups in total. The van der Waals surface area contributed by atoms with Gasteiger partial charge in [0.2, 0.25) is 0 Å². The van der Waals surface area contributed by atoms with Gasteiger partial charge < -0.3 is 22.9 Å². The molecule has 24 heteroatoms. The summed E-state index contributed by atoms with van der Waals surface area (Å²) in [5.41, 5.74) is 44.9. The van der Waals surface area contributed by atoms with Crippen molar-refractivity contribution in [2.75, 3.05) is 22.9 Å². The number of hydrogen-bond acceptors (Lipinski definition) is 16. The summed E-state index contributed by atoms with van der Waals surface area (Å²) in [6, 6.07) is 72.7. The first-order chi connectivity index (χ1) is 55.3. The zero-order valence-electron chi connectivity index (χ0n) is 63.8. The van der Waals surface area contributed by atoms with Crippen molar-refractivity contribution in [3.05, 3.63) is 333 Å². The van der Waals surface area contributed by atoms with Crippen molar-refractivity contribution >= 4 is 80.1 Å². The molecule has 0 amide bonds. The van der Waals surface area contributed by atoms with Gasteiger partial charge in [0, 0.05) is 103 Å². The Hall–Kier alpha value is -13.8. The first-order valence-corrected chi connectivity index (χ1v) is 37.6. The third kappa shape index (κ3) is 19.7. The largest absolute Gasteiger partial charge is 0.416 e. The Morgan fingerprint density at radius 3 is 1.02 bits per heavy atom. The van der Waals surface area contributed by atoms with Crippen molar-refractivity contribution in [2.24, 2.45) is 0 Å². The maximum atomic E-state index is 13.0. The van der Waals surface area contributed by atoms with E-state index in [1.165, 1.54) is 11.1 Å². The standard InChI is InChI=1S/C24H24N4O.C23H19F3N4O.C22H19ClN4O.C22H20N4O/c1-16(2)20-6-3-5-18(13-20)15-21(29)14-17-8-10-19(11-9-17)22-7-4-12-28-23(22)24(25)26-27-28;1-14-9-16(11-18(10-14)23(24,25)26)13-19(31)12-15-4-6-17(7-5-15)20-3-2-8-30-21(20)22(27)28-29-30;1-14-4-7-17(20(23)11-14)13-18(28)12-15-5-8-16(9-6-15)19-3-2-10-27-21(19)22(24)25-26-27;1-15-4-2-5-17(12-15)14-19(27)13-16-7-9-18(10-8-16)20-6-3-11-26-21(20)22(23)24-25-26/h3-13,16H,14-15,25H2,1-2H3;2-11H,12-13,27H2,1H3;2-11H,12-13,24H2,1H3;2-12H,13-14,23H2,1H3. The van der Waals surface area contributed by atoms with Crippen LogP contribution in [0.1, 0.15) is 92.1 Å². The van der Waals surface area contributed by atoms with E-state index in [4.69, 9.17) is 34.5 Å². The van der Waals surface area contributed by atoms with E-state index in [0.29, 0.717) is 89.4 Å². The van der Waals surface area contributed by atoms with Crippen LogP contribution in [0.5, 0.6) is 0 Å². The Morgan fingerprint density at radius 2 is 0.670 bits per heavy atom. The molecule has 578 valence electrons. The van der Waals surface area contributed by atoms with Crippen LogP contribution in [0, 0.1) is 20.8 Å². The summed E-state index contributed by atoms with van der Waals surface area (Å²) in [5.74, 6) is 2.39. The molecule has 0 atom stereocenters. The second-order valence-electron chi connectivity index (χ2n) is 28.8. The maximum Gasteiger partial charge on any atom is 0.416 e. The molecule has 0 aliphatic heterocycles. The molecule has 115 heavy (non-hydrogen) atoms. The molecule has 20 nitrogen and oxygen atoms in total. The molecule has 0 fully saturated rings. The number of carbonyl (C=O) groups is 4. The average Bonchev–Trinajstić information content (AvgIpc) is 1.66. The van der Waals surface area contributed by atoms with Gasteiger partial charge >= 0.3 is 6.18 Å². The Morgan fingerprint density at radius 1 is 0.348 bits per heavy atom. The number of hydrogen-bond donors (Lipinski definition) is 4. The minimum Gasteiger partial charge on any atom is -0.380 e. The molecule has 16 rings (SSSR count). The van der Waals surface area contributed by atoms with Crippen molar-refractivity contribution in [1.82, 2.24) is 59.3 Å². The molecule has 0 radical (unpaired) electrons. The summed E-state index contributed by atoms with van der Waals surface area (Å²) in [7, 11) is 0. The van der Waals surface area contributed by atoms with Gasteiger partial charge in [0.1, 0.15) is 45.2 Å². The zero-order chi connectivity index (χ0) is 81.0. The second kappa shape index (κ2) is 35.3. The Kier molecular flexibility index (Phi) is 24.3. The van der Waals surface area contributed by atoms with E-state index in [9.17, 15) is 32.3 Å². The van der Waals surface area contributed by atoms with E-state index in [1.807, 2.05) is 227 Å². The molecule has 8 aromatic carbocycles. The number of fused-ring (bicyclic) bond motifs is 4. The first kappa shape index (κ1) is 79.3. The lowest BCUT2D eigenvalue weighted by Gasteiger charge is -2.10. The zero-order valence-corrected chi connectivity index (χ0v) is 64.6. The lowest BCUT2D eigenvalue weighted by atomic mass is 9.96. The van der Waals surface area contributed by atoms with Crippen molar-refractivity contribution in [1.29, 1.82) is 0 Å². The van der Waals surface area contributed by atoms with Crippen LogP contribution in [0.2, 0.25) is 5.02 Å². The van der Waals surface area contributed by atoms with E-state index in [-0.39, 0.29) is 36.0 Å². The molecule has 0 unspecified atom stereocenters. The summed E-state index contributed by atoms with van der Waals surface area (Å²) in [4.78, 5) is 49.9. The van der Waals surface area contributed by atoms with Crippen LogP contribution < -0.4 is 22.9 Å². The van der Waals surface area contributed by atoms with Gasteiger partial charge in [-0.2, -0.15) is 13.2 Å². The third-order valence-electron chi connectivity index (χ3n) is 19.5. The highest BCUT2D eigenvalue weighted by molar-refractivity contribution is 6.31. The van der Waals surface area contributed by atoms with Crippen LogP contribution in [0.3, 0.4) is 0 Å². The molecule has 0 saturated carbocycles. The van der Waals surface area contributed by atoms with Crippen molar-refractivity contribution < 1.29 is 32.3 Å². The van der Waals surface area contributed by atoms with E-state index in [1.54, 1.807) is 37.2 Å². The minimum absolute atomic E-state index is 0.0517. The average molecular weight is 1560 g/mol. The number of Topliss-reactive ketones (excluding diaryl/α,β-unsaturated/α-hetero) is 4. The molecular formula is C91H82ClF3N16O4. The van der Waals surface area contributed by atoms with Gasteiger partial charge in [0.15, 0.2) is 23.3 Å². The molecule has 0 bridgehead atoms. The van der Waals surface area contributed by atoms with Crippen LogP contribution in [0.15, 0.2) is 255 Å². The number of aromatic nitrogens is 12. The number of aryl methyl sites for hydroxylation is 3. The summed E-state index contributed by atoms with van der Waals surface area (Å²) in [5, 5.41) is 32.3. The number of ketones is 4. The van der Waals surface area contributed by atoms with Crippen LogP contribution >= 0.6 is 11.6 Å². The number of anilines is 4. The highest BCUT2D eigenvalue weighted by atomic mass is 35.5. The summed E-state index contributed by atoms with van der Waals surface area (Å²) in [6.45, 7) is 9.93. The number of alkyl halides is 3. The van der Waals surface area contributed by atoms with Crippen molar-refractivity contribution in [3.63, 3.8) is 0 Å². The minimum atomic E-state index is -4.43. The maximum absolute atomic E-state index is 13.0. The summed E-state index contributed by atoms with van der Waals surface area (Å²) >= 11 is 6.24. The van der Waals surface area contributed by atoms with E-state index < -0.39 is 11.7 Å². The molecule has 16 aromatic rings. The molecule has 8 heterocycles. The fourth-order valence-corrected chi connectivity index (χ4v) is 14.2. The fraction of sp³-hybridized carbons (Fsp3) is 0.165. The molecular weight excluding hydrogens is 1470 g/mol. The van der Waals surface area contributed by atoms with Crippen LogP contribution in [0.25, 0.3) is 66.6 Å². The van der Waals surface area contributed by atoms with Crippen LogP contribution in [-0.2, 0) is 76.7 Å². The molecule has 0 saturated heterocycles. The number of pyridine rings is 4. The first-order valence-electron chi connectivity index (χ1n) is 37.2. The molecule has 0 aliphatic carbocycles. The van der Waals surface area contributed by atoms with Gasteiger partial charge in [-0.3, -0.25) is 19.2 Å². The topological polar surface area (TPSA) is 293 Å². The van der Waals surface area contributed by atoms with Gasteiger partial charge in [-0.15, -0.1) is 20.4 Å². The number of nitrogens with two attached hydrogens (primary N) is 4. The van der Waals surface area contributed by atoms with E-state index in [2.05, 4.69) is 73.3 Å². The molecule has 0 aliphatic rings. The van der Waals surface area contributed by atoms with E-state index in [0.717, 1.165) is 118 Å². The Balaban J connectivity index is 0.000000134. The monoisotopic (exact) mass is 1550 g/mol. The second-order valence-corrected chi connectivity index (χ2v) is 29.2. The lowest BCUT2D eigenvalue weighted by molar-refractivity contribution is -0.137. The Labute approximate surface area is 666 Å². The highest BCUT2D eigenvalue weighted by Gasteiger charge is 2.31. The van der Waals surface area contributed by atoms with Gasteiger partial charge in [0.05, 0.1) is 5.56 Å². The number of halogens is 4. The number of nitrogen functional groups attached to an aromatic ring is 4. The highest BCUT2D eigenvalue weighted by Crippen LogP contribution is 2.35. The molecule has 0 spiro atoms. The predicted octanol–water partition coefficient (Wildman–Crippen LogP) is 17.1. The van der Waals surface area contributed by atoms with Gasteiger partial charge in [-0.1, -0.05) is 245 Å². The van der Waals surface area contributed by atoms with Crippen LogP contribution in [0.4, 0.5) is 36.4 Å². The van der Waals surface area contributed by atoms with Crippen molar-refractivity contribution in [3.8, 4) is 44.5 Å². The molecule has 8 aromatic heterocycles. The normalized spacial score (nSPS) is 11.3. The summed E-state index contributed by atoms with van der Waals surface area (Å²) < 4.78 is 45.6. The van der Waals surface area contributed by atoms with Gasteiger partial charge in [-0.25, -0.2) is 18.1 Å². The van der Waals surface area contributed by atoms with Crippen LogP contribution in [-0.4, -0.2) is 82.4 Å². The van der Waals surface area contributed by atoms with Gasteiger partial charge in [-0.05, 0) is 147 Å². The summed E-state index contributed by atoms with van der Waals surface area (Å²) in [6.07, 6.45) is 5.32. The van der Waals surface area contributed by atoms with E-state index >= 15 is 0 Å². The number of carbonyl (C=O) groups excluding carboxylic acids is 4. The third-order valence-corrected chi connectivity index (χ3v) is 19.8. The lowest BCUT2D eigenvalue weighted by Crippen LogP contribution is -2.10. The smallest absolute Gasteiger partial charge is 0.380 e. The van der Waals surface area contributed by atoms with Gasteiger partial charge in [0.25, 0.3) is 0 Å². The SMILES string of the molecule is CC(C)c1cccc(CC(=O)Cc2ccc(-c3cccn4nnc(N)c34)cc2)c1.Cc1cc(CC(=O)Cc2ccc(-c3cccn4nnc(N)c34)cc2)cc(C(F)(F)F)c1.Cc1ccc(CC(=O)Cc2ccc(-c3cccn4nnc(N)c34)cc2)c(Cl)c1.Cc1cccc(CC(=O)Cc2ccc(-c3cccn4nnc(N)c34)cc2)c1. The quantitative estimate of drug-likeness (QED) is 0.0520. The number of benzene rings is 8. The predicted molar refractivity (Wildman–Crippen MR) is 445 cm³/mol. The Bertz CT molecular complexity index is 6210. The number of rotatable bonds is 21. The van der Waals surface area contributed by atoms with Crippen molar-refractivity contribution in [2.45, 2.75) is 98.1 Å². The fourth-order valence-electron chi connectivity index (χ4n) is 13.9. The number of nitrogens with zero attached hydrogens (tertiary/aromatic N) is 12.